The summed E-state index contributed by atoms with van der Waals surface area (Å²) >= 11 is 0. The SMILES string of the molecule is CC(C)COC(=O)[C@H](C)N[P@@](=O)(OCC1O[C@@H](n2ccc(=O)[nH]c2=O)[C@](C)(C#N)[C@@H]1O)Oc1ccccc1. The first kappa shape index (κ1) is 29.3. The largest absolute Gasteiger partial charge is 0.464 e. The molecule has 1 unspecified atom stereocenters. The first-order chi connectivity index (χ1) is 17.9. The first-order valence-electron chi connectivity index (χ1n) is 11.9. The molecule has 0 saturated carbocycles. The highest BCUT2D eigenvalue weighted by Crippen LogP contribution is 2.48. The lowest BCUT2D eigenvalue weighted by Gasteiger charge is -2.26. The van der Waals surface area contributed by atoms with Crippen LogP contribution in [0.5, 0.6) is 5.75 Å². The summed E-state index contributed by atoms with van der Waals surface area (Å²) in [6.45, 7) is 6.17. The van der Waals surface area contributed by atoms with Crippen LogP contribution < -0.4 is 20.9 Å². The number of rotatable bonds is 11. The van der Waals surface area contributed by atoms with Crippen molar-refractivity contribution in [3.63, 3.8) is 0 Å². The van der Waals surface area contributed by atoms with Crippen LogP contribution in [0.3, 0.4) is 0 Å². The molecule has 3 N–H and O–H groups in total. The van der Waals surface area contributed by atoms with Crippen molar-refractivity contribution in [2.75, 3.05) is 13.2 Å². The Kier molecular flexibility index (Phi) is 9.30. The summed E-state index contributed by atoms with van der Waals surface area (Å²) in [7, 11) is -4.28. The molecule has 1 aromatic carbocycles. The van der Waals surface area contributed by atoms with E-state index in [2.05, 4.69) is 10.1 Å². The molecule has 1 fully saturated rings. The normalized spacial score (nSPS) is 25.3. The molecule has 1 saturated heterocycles. The Morgan fingerprint density at radius 1 is 1.29 bits per heavy atom. The lowest BCUT2D eigenvalue weighted by atomic mass is 9.84. The Morgan fingerprint density at radius 2 is 1.97 bits per heavy atom. The van der Waals surface area contributed by atoms with E-state index >= 15 is 0 Å². The predicted octanol–water partition coefficient (Wildman–Crippen LogP) is 1.71. The van der Waals surface area contributed by atoms with Crippen LogP contribution in [0, 0.1) is 22.7 Å². The number of benzene rings is 1. The summed E-state index contributed by atoms with van der Waals surface area (Å²) in [5, 5.41) is 23.3. The molecule has 13 nitrogen and oxygen atoms in total. The fraction of sp³-hybridized carbons (Fsp3) is 0.500. The summed E-state index contributed by atoms with van der Waals surface area (Å²) in [5.41, 5.74) is -3.12. The van der Waals surface area contributed by atoms with Gasteiger partial charge in [0.1, 0.15) is 29.4 Å². The molecule has 38 heavy (non-hydrogen) atoms. The van der Waals surface area contributed by atoms with Gasteiger partial charge in [0.25, 0.3) is 5.56 Å². The van der Waals surface area contributed by atoms with Gasteiger partial charge in [-0.1, -0.05) is 32.0 Å². The van der Waals surface area contributed by atoms with Gasteiger partial charge in [-0.05, 0) is 31.9 Å². The molecule has 0 aliphatic carbocycles. The number of aliphatic hydroxyl groups is 1. The molecule has 14 heteroatoms. The van der Waals surface area contributed by atoms with Crippen LogP contribution in [0.25, 0.3) is 0 Å². The third-order valence-electron chi connectivity index (χ3n) is 5.77. The Morgan fingerprint density at radius 3 is 2.58 bits per heavy atom. The number of carbonyl (C=O) groups is 1. The summed E-state index contributed by atoms with van der Waals surface area (Å²) in [5.74, 6) is -0.405. The molecule has 206 valence electrons. The number of hydrogen-bond acceptors (Lipinski definition) is 10. The van der Waals surface area contributed by atoms with Gasteiger partial charge in [0.05, 0.1) is 19.3 Å². The average molecular weight is 551 g/mol. The standard InChI is InChI=1S/C24H31N4O9P/c1-15(2)12-34-21(31)16(3)27-38(33,37-17-8-6-5-7-9-17)35-13-18-20(30)24(4,14-25)22(36-18)28-11-10-19(29)26-23(28)32/h5-11,15-16,18,20,22,30H,12-13H2,1-4H3,(H,27,33)(H,26,29,32)/t16-,18?,20+,22+,24+,38+/m0/s1. The second kappa shape index (κ2) is 12.1. The molecular formula is C24H31N4O9P. The van der Waals surface area contributed by atoms with E-state index in [0.29, 0.717) is 0 Å². The molecule has 0 radical (unpaired) electrons. The summed E-state index contributed by atoms with van der Waals surface area (Å²) in [4.78, 5) is 38.3. The highest BCUT2D eigenvalue weighted by molar-refractivity contribution is 7.52. The molecule has 3 rings (SSSR count). The van der Waals surface area contributed by atoms with E-state index in [9.17, 15) is 29.3 Å². The molecule has 1 aromatic heterocycles. The number of ether oxygens (including phenoxy) is 2. The number of para-hydroxylation sites is 1. The van der Waals surface area contributed by atoms with Crippen LogP contribution in [0.2, 0.25) is 0 Å². The zero-order chi connectivity index (χ0) is 28.1. The molecule has 0 spiro atoms. The topological polar surface area (TPSA) is 182 Å². The monoisotopic (exact) mass is 550 g/mol. The number of carbonyl (C=O) groups excluding carboxylic acids is 1. The van der Waals surface area contributed by atoms with Gasteiger partial charge in [-0.3, -0.25) is 23.7 Å². The zero-order valence-electron chi connectivity index (χ0n) is 21.4. The molecule has 0 amide bonds. The van der Waals surface area contributed by atoms with Gasteiger partial charge >= 0.3 is 19.4 Å². The van der Waals surface area contributed by atoms with Gasteiger partial charge in [-0.25, -0.2) is 9.36 Å². The van der Waals surface area contributed by atoms with E-state index in [4.69, 9.17) is 18.5 Å². The summed E-state index contributed by atoms with van der Waals surface area (Å²) < 4.78 is 36.8. The minimum atomic E-state index is -4.28. The molecule has 1 aliphatic heterocycles. The number of nitriles is 1. The van der Waals surface area contributed by atoms with Crippen molar-refractivity contribution in [2.45, 2.75) is 52.2 Å². The van der Waals surface area contributed by atoms with Crippen molar-refractivity contribution >= 4 is 13.7 Å². The van der Waals surface area contributed by atoms with Crippen LogP contribution in [-0.4, -0.2) is 52.1 Å². The Labute approximate surface area is 218 Å². The number of nitrogens with one attached hydrogen (secondary N) is 2. The van der Waals surface area contributed by atoms with E-state index in [1.807, 2.05) is 19.9 Å². The Bertz CT molecular complexity index is 1320. The fourth-order valence-electron chi connectivity index (χ4n) is 3.68. The number of aliphatic hydroxyl groups excluding tert-OH is 1. The smallest absolute Gasteiger partial charge is 0.459 e. The van der Waals surface area contributed by atoms with Gasteiger partial charge < -0.3 is 19.1 Å². The van der Waals surface area contributed by atoms with E-state index in [1.54, 1.807) is 18.2 Å². The summed E-state index contributed by atoms with van der Waals surface area (Å²) in [6.07, 6.45) is -2.88. The molecule has 0 bridgehead atoms. The Balaban J connectivity index is 1.82. The average Bonchev–Trinajstić information content (AvgIpc) is 3.12. The van der Waals surface area contributed by atoms with Gasteiger partial charge in [-0.15, -0.1) is 0 Å². The third kappa shape index (κ3) is 6.78. The van der Waals surface area contributed by atoms with Gasteiger partial charge in [0.15, 0.2) is 6.23 Å². The highest BCUT2D eigenvalue weighted by atomic mass is 31.2. The zero-order valence-corrected chi connectivity index (χ0v) is 22.3. The van der Waals surface area contributed by atoms with E-state index in [1.165, 1.54) is 26.0 Å². The fourth-order valence-corrected chi connectivity index (χ4v) is 5.18. The second-order valence-electron chi connectivity index (χ2n) is 9.46. The minimum absolute atomic E-state index is 0.0908. The first-order valence-corrected chi connectivity index (χ1v) is 13.4. The number of H-pyrrole nitrogens is 1. The number of aromatic nitrogens is 2. The van der Waals surface area contributed by atoms with Crippen LogP contribution in [0.1, 0.15) is 33.9 Å². The van der Waals surface area contributed by atoms with Crippen LogP contribution >= 0.6 is 7.75 Å². The van der Waals surface area contributed by atoms with Crippen molar-refractivity contribution in [1.82, 2.24) is 14.6 Å². The number of hydrogen-bond donors (Lipinski definition) is 3. The summed E-state index contributed by atoms with van der Waals surface area (Å²) in [6, 6.07) is 10.0. The molecular weight excluding hydrogens is 519 g/mol. The molecule has 2 aromatic rings. The van der Waals surface area contributed by atoms with Crippen molar-refractivity contribution < 1.29 is 33.0 Å². The molecule has 2 heterocycles. The minimum Gasteiger partial charge on any atom is -0.464 e. The maximum atomic E-state index is 13.7. The van der Waals surface area contributed by atoms with Crippen molar-refractivity contribution in [3.05, 3.63) is 63.4 Å². The van der Waals surface area contributed by atoms with Crippen LogP contribution in [-0.2, 0) is 23.4 Å². The quantitative estimate of drug-likeness (QED) is 0.274. The number of nitrogens with zero attached hydrogens (tertiary/aromatic N) is 2. The van der Waals surface area contributed by atoms with Gasteiger partial charge in [0, 0.05) is 12.3 Å². The van der Waals surface area contributed by atoms with Gasteiger partial charge in [0.2, 0.25) is 0 Å². The van der Waals surface area contributed by atoms with Crippen LogP contribution in [0.4, 0.5) is 0 Å². The van der Waals surface area contributed by atoms with Gasteiger partial charge in [-0.2, -0.15) is 10.3 Å². The highest BCUT2D eigenvalue weighted by Gasteiger charge is 2.55. The Hall–Kier alpha value is -3.27. The number of esters is 1. The second-order valence-corrected chi connectivity index (χ2v) is 11.1. The van der Waals surface area contributed by atoms with Crippen molar-refractivity contribution in [2.24, 2.45) is 11.3 Å². The van der Waals surface area contributed by atoms with E-state index in [0.717, 1.165) is 16.8 Å². The maximum Gasteiger partial charge on any atom is 0.459 e. The number of aromatic amines is 1. The van der Waals surface area contributed by atoms with E-state index < -0.39 is 61.5 Å². The third-order valence-corrected chi connectivity index (χ3v) is 7.41. The van der Waals surface area contributed by atoms with Crippen molar-refractivity contribution in [1.29, 1.82) is 5.26 Å². The molecule has 1 aliphatic rings. The lowest BCUT2D eigenvalue weighted by molar-refractivity contribution is -0.146. The maximum absolute atomic E-state index is 13.7. The van der Waals surface area contributed by atoms with E-state index in [-0.39, 0.29) is 18.3 Å². The molecule has 6 atom stereocenters. The van der Waals surface area contributed by atoms with Crippen LogP contribution in [0.15, 0.2) is 52.2 Å². The predicted molar refractivity (Wildman–Crippen MR) is 134 cm³/mol. The van der Waals surface area contributed by atoms with Crippen molar-refractivity contribution in [3.8, 4) is 11.8 Å². The lowest BCUT2D eigenvalue weighted by Crippen LogP contribution is -2.41.